The van der Waals surface area contributed by atoms with Crippen LogP contribution in [-0.2, 0) is 10.8 Å². The number of benzene rings is 2. The van der Waals surface area contributed by atoms with Gasteiger partial charge < -0.3 is 0 Å². The first kappa shape index (κ1) is 18.4. The molecule has 1 unspecified atom stereocenters. The average molecular weight is 339 g/mol. The van der Waals surface area contributed by atoms with Crippen LogP contribution in [0.1, 0.15) is 43.7 Å². The van der Waals surface area contributed by atoms with E-state index in [1.165, 1.54) is 16.7 Å². The Kier molecular flexibility index (Phi) is 7.20. The molecule has 24 heavy (non-hydrogen) atoms. The van der Waals surface area contributed by atoms with Crippen LogP contribution in [0.15, 0.2) is 77.1 Å². The van der Waals surface area contributed by atoms with Gasteiger partial charge in [0.25, 0.3) is 0 Å². The third-order valence-corrected chi connectivity index (χ3v) is 5.59. The maximum absolute atomic E-state index is 13.2. The Labute approximate surface area is 148 Å². The Balaban J connectivity index is 2.52. The molecule has 0 amide bonds. The molecule has 0 heterocycles. The number of hydrogen-bond acceptors (Lipinski definition) is 1. The molecule has 0 N–H and O–H groups in total. The Morgan fingerprint density at radius 3 is 2.33 bits per heavy atom. The second-order valence-electron chi connectivity index (χ2n) is 5.95. The maximum Gasteiger partial charge on any atom is 0.0814 e. The van der Waals surface area contributed by atoms with Gasteiger partial charge in [-0.2, -0.15) is 0 Å². The van der Waals surface area contributed by atoms with Crippen molar-refractivity contribution in [2.75, 3.05) is 0 Å². The summed E-state index contributed by atoms with van der Waals surface area (Å²) in [5, 5.41) is 0. The predicted octanol–water partition coefficient (Wildman–Crippen LogP) is 6.28. The van der Waals surface area contributed by atoms with Crippen molar-refractivity contribution in [2.45, 2.75) is 44.4 Å². The smallest absolute Gasteiger partial charge is 0.0814 e. The van der Waals surface area contributed by atoms with Gasteiger partial charge in [-0.3, -0.25) is 0 Å². The quantitative estimate of drug-likeness (QED) is 0.518. The highest BCUT2D eigenvalue weighted by Gasteiger charge is 2.16. The molecule has 0 aromatic heterocycles. The average Bonchev–Trinajstić information content (AvgIpc) is 2.62. The summed E-state index contributed by atoms with van der Waals surface area (Å²) in [6.45, 7) is 8.11. The minimum Gasteiger partial charge on any atom is -0.249 e. The van der Waals surface area contributed by atoms with Crippen molar-refractivity contribution < 1.29 is 4.21 Å². The lowest BCUT2D eigenvalue weighted by Crippen LogP contribution is -2.01. The van der Waals surface area contributed by atoms with Crippen LogP contribution < -0.4 is 0 Å². The third kappa shape index (κ3) is 4.78. The minimum atomic E-state index is -1.16. The zero-order chi connectivity index (χ0) is 17.4. The Hall–Kier alpha value is -1.93. The largest absolute Gasteiger partial charge is 0.249 e. The van der Waals surface area contributed by atoms with Gasteiger partial charge in [0.05, 0.1) is 10.8 Å². The SMILES string of the molecule is C=CC/C(=C(/CCCC)c1ccccc1)S(=O)c1ccc(C)cc1. The normalized spacial score (nSPS) is 13.2. The molecule has 0 saturated carbocycles. The molecule has 2 heteroatoms. The molecule has 0 fully saturated rings. The van der Waals surface area contributed by atoms with Crippen LogP contribution in [0, 0.1) is 6.92 Å². The fraction of sp³-hybridized carbons (Fsp3) is 0.273. The van der Waals surface area contributed by atoms with Crippen molar-refractivity contribution in [3.8, 4) is 0 Å². The van der Waals surface area contributed by atoms with Gasteiger partial charge in [0.2, 0.25) is 0 Å². The minimum absolute atomic E-state index is 0.647. The van der Waals surface area contributed by atoms with E-state index in [0.717, 1.165) is 29.1 Å². The molecule has 0 spiro atoms. The molecule has 2 aromatic carbocycles. The molecule has 0 radical (unpaired) electrons. The van der Waals surface area contributed by atoms with Crippen LogP contribution in [0.4, 0.5) is 0 Å². The standard InChI is InChI=1S/C22H26OS/c1-4-6-13-21(19-11-8-7-9-12-19)22(10-5-2)24(23)20-16-14-18(3)15-17-20/h5,7-9,11-12,14-17H,2,4,6,10,13H2,1,3H3/b22-21+. The highest BCUT2D eigenvalue weighted by atomic mass is 32.2. The zero-order valence-electron chi connectivity index (χ0n) is 14.6. The summed E-state index contributed by atoms with van der Waals surface area (Å²) >= 11 is 0. The van der Waals surface area contributed by atoms with Crippen molar-refractivity contribution in [3.63, 3.8) is 0 Å². The Bertz CT molecular complexity index is 711. The van der Waals surface area contributed by atoms with E-state index in [-0.39, 0.29) is 0 Å². The van der Waals surface area contributed by atoms with Gasteiger partial charge in [0, 0.05) is 9.80 Å². The first-order chi connectivity index (χ1) is 11.7. The fourth-order valence-electron chi connectivity index (χ4n) is 2.68. The molecule has 2 rings (SSSR count). The molecule has 1 atom stereocenters. The number of aryl methyl sites for hydroxylation is 1. The number of rotatable bonds is 8. The summed E-state index contributed by atoms with van der Waals surface area (Å²) in [7, 11) is -1.16. The summed E-state index contributed by atoms with van der Waals surface area (Å²) in [6, 6.07) is 18.3. The molecule has 126 valence electrons. The monoisotopic (exact) mass is 338 g/mol. The zero-order valence-corrected chi connectivity index (χ0v) is 15.4. The molecule has 0 aliphatic rings. The molecule has 2 aromatic rings. The maximum atomic E-state index is 13.2. The second kappa shape index (κ2) is 9.39. The van der Waals surface area contributed by atoms with Crippen molar-refractivity contribution in [3.05, 3.63) is 83.3 Å². The summed E-state index contributed by atoms with van der Waals surface area (Å²) in [4.78, 5) is 1.84. The molecule has 0 saturated heterocycles. The van der Waals surface area contributed by atoms with Crippen LogP contribution in [-0.4, -0.2) is 4.21 Å². The highest BCUT2D eigenvalue weighted by Crippen LogP contribution is 2.31. The second-order valence-corrected chi connectivity index (χ2v) is 7.45. The first-order valence-electron chi connectivity index (χ1n) is 8.54. The van der Waals surface area contributed by atoms with Gasteiger partial charge in [0.1, 0.15) is 0 Å². The summed E-state index contributed by atoms with van der Waals surface area (Å²) in [5.74, 6) is 0. The van der Waals surface area contributed by atoms with Gasteiger partial charge in [-0.15, -0.1) is 6.58 Å². The van der Waals surface area contributed by atoms with E-state index in [1.807, 2.05) is 55.5 Å². The van der Waals surface area contributed by atoms with Crippen LogP contribution in [0.3, 0.4) is 0 Å². The molecule has 0 aliphatic heterocycles. The number of hydrogen-bond donors (Lipinski definition) is 0. The summed E-state index contributed by atoms with van der Waals surface area (Å²) in [6.07, 6.45) is 5.66. The highest BCUT2D eigenvalue weighted by molar-refractivity contribution is 7.89. The summed E-state index contributed by atoms with van der Waals surface area (Å²) in [5.41, 5.74) is 3.55. The molecule has 0 aliphatic carbocycles. The van der Waals surface area contributed by atoms with Crippen LogP contribution in [0.5, 0.6) is 0 Å². The first-order valence-corrected chi connectivity index (χ1v) is 9.69. The molecular weight excluding hydrogens is 312 g/mol. The van der Waals surface area contributed by atoms with E-state index in [4.69, 9.17) is 0 Å². The van der Waals surface area contributed by atoms with Gasteiger partial charge in [-0.1, -0.05) is 67.4 Å². The van der Waals surface area contributed by atoms with E-state index in [1.54, 1.807) is 0 Å². The van der Waals surface area contributed by atoms with Gasteiger partial charge in [0.15, 0.2) is 0 Å². The van der Waals surface area contributed by atoms with E-state index >= 15 is 0 Å². The number of allylic oxidation sites excluding steroid dienone is 3. The number of unbranched alkanes of at least 4 members (excludes halogenated alkanes) is 1. The Morgan fingerprint density at radius 1 is 1.08 bits per heavy atom. The van der Waals surface area contributed by atoms with Crippen LogP contribution in [0.2, 0.25) is 0 Å². The fourth-order valence-corrected chi connectivity index (χ4v) is 4.06. The lowest BCUT2D eigenvalue weighted by Gasteiger charge is -2.15. The van der Waals surface area contributed by atoms with E-state index in [2.05, 4.69) is 25.6 Å². The summed E-state index contributed by atoms with van der Waals surface area (Å²) < 4.78 is 13.2. The van der Waals surface area contributed by atoms with Crippen LogP contribution in [0.25, 0.3) is 5.57 Å². The lowest BCUT2D eigenvalue weighted by atomic mass is 9.99. The van der Waals surface area contributed by atoms with Crippen molar-refractivity contribution in [1.82, 2.24) is 0 Å². The molecule has 0 bridgehead atoms. The topological polar surface area (TPSA) is 17.1 Å². The van der Waals surface area contributed by atoms with Crippen LogP contribution >= 0.6 is 0 Å². The van der Waals surface area contributed by atoms with Gasteiger partial charge in [-0.25, -0.2) is 4.21 Å². The molecule has 1 nitrogen and oxygen atoms in total. The third-order valence-electron chi connectivity index (χ3n) is 4.03. The van der Waals surface area contributed by atoms with Crippen molar-refractivity contribution in [1.29, 1.82) is 0 Å². The van der Waals surface area contributed by atoms with E-state index < -0.39 is 10.8 Å². The van der Waals surface area contributed by atoms with Crippen molar-refractivity contribution >= 4 is 16.4 Å². The van der Waals surface area contributed by atoms with Gasteiger partial charge in [-0.05, 0) is 49.5 Å². The predicted molar refractivity (Wildman–Crippen MR) is 105 cm³/mol. The van der Waals surface area contributed by atoms with Crippen molar-refractivity contribution in [2.24, 2.45) is 0 Å². The lowest BCUT2D eigenvalue weighted by molar-refractivity contribution is 0.686. The van der Waals surface area contributed by atoms with E-state index in [9.17, 15) is 4.21 Å². The van der Waals surface area contributed by atoms with E-state index in [0.29, 0.717) is 6.42 Å². The molecular formula is C22H26OS. The van der Waals surface area contributed by atoms with Gasteiger partial charge >= 0.3 is 0 Å². The Morgan fingerprint density at radius 2 is 1.75 bits per heavy atom.